The van der Waals surface area contributed by atoms with E-state index < -0.39 is 0 Å². The lowest BCUT2D eigenvalue weighted by atomic mass is 10.0. The molecule has 0 radical (unpaired) electrons. The average Bonchev–Trinajstić information content (AvgIpc) is 2.60. The zero-order valence-corrected chi connectivity index (χ0v) is 13.6. The van der Waals surface area contributed by atoms with E-state index in [1.807, 2.05) is 24.3 Å². The van der Waals surface area contributed by atoms with Crippen molar-refractivity contribution in [3.05, 3.63) is 36.2 Å². The van der Waals surface area contributed by atoms with Crippen LogP contribution in [0.25, 0.3) is 11.0 Å². The quantitative estimate of drug-likeness (QED) is 0.925. The average molecular weight is 314 g/mol. The normalized spacial score (nSPS) is 16.4. The number of fused-ring (bicyclic) bond motifs is 1. The highest BCUT2D eigenvalue weighted by atomic mass is 16.5. The molecule has 0 atom stereocenters. The second kappa shape index (κ2) is 6.60. The predicted molar refractivity (Wildman–Crippen MR) is 88.3 cm³/mol. The molecule has 122 valence electrons. The van der Waals surface area contributed by atoms with Gasteiger partial charge in [-0.3, -0.25) is 14.7 Å². The Labute approximate surface area is 135 Å². The fraction of sp³-hybridized carbons (Fsp3) is 0.471. The van der Waals surface area contributed by atoms with Crippen LogP contribution in [0.5, 0.6) is 0 Å². The summed E-state index contributed by atoms with van der Waals surface area (Å²) in [4.78, 5) is 23.4. The number of morpholine rings is 1. The Morgan fingerprint density at radius 2 is 1.96 bits per heavy atom. The maximum absolute atomic E-state index is 12.4. The van der Waals surface area contributed by atoms with E-state index in [0.717, 1.165) is 37.3 Å². The molecule has 0 bridgehead atoms. The lowest BCUT2D eigenvalue weighted by molar-refractivity contribution is -0.00924. The molecule has 0 aliphatic carbocycles. The third-order valence-corrected chi connectivity index (χ3v) is 4.23. The monoisotopic (exact) mass is 314 g/mol. The van der Waals surface area contributed by atoms with Gasteiger partial charge in [-0.1, -0.05) is 12.1 Å². The van der Waals surface area contributed by atoms with Crippen LogP contribution in [-0.2, 0) is 4.74 Å². The van der Waals surface area contributed by atoms with Crippen LogP contribution < -0.4 is 5.32 Å². The van der Waals surface area contributed by atoms with Crippen molar-refractivity contribution in [2.45, 2.75) is 19.4 Å². The van der Waals surface area contributed by atoms with Crippen molar-refractivity contribution < 1.29 is 9.53 Å². The fourth-order valence-electron chi connectivity index (χ4n) is 2.73. The number of carbonyl (C=O) groups is 1. The summed E-state index contributed by atoms with van der Waals surface area (Å²) < 4.78 is 5.38. The number of nitrogens with zero attached hydrogens (tertiary/aromatic N) is 3. The zero-order chi connectivity index (χ0) is 16.3. The molecule has 1 aromatic carbocycles. The molecule has 1 aromatic heterocycles. The molecule has 1 aliphatic rings. The van der Waals surface area contributed by atoms with Gasteiger partial charge in [-0.2, -0.15) is 0 Å². The van der Waals surface area contributed by atoms with Crippen LogP contribution >= 0.6 is 0 Å². The van der Waals surface area contributed by atoms with Crippen molar-refractivity contribution in [3.63, 3.8) is 0 Å². The molecular weight excluding hydrogens is 292 g/mol. The molecule has 6 heteroatoms. The molecule has 6 nitrogen and oxygen atoms in total. The number of amides is 1. The van der Waals surface area contributed by atoms with E-state index in [0.29, 0.717) is 12.2 Å². The van der Waals surface area contributed by atoms with Gasteiger partial charge >= 0.3 is 0 Å². The highest BCUT2D eigenvalue weighted by molar-refractivity contribution is 5.93. The van der Waals surface area contributed by atoms with Crippen molar-refractivity contribution in [1.29, 1.82) is 0 Å². The highest BCUT2D eigenvalue weighted by Crippen LogP contribution is 2.15. The first-order chi connectivity index (χ1) is 11.1. The fourth-order valence-corrected chi connectivity index (χ4v) is 2.73. The van der Waals surface area contributed by atoms with Gasteiger partial charge in [0, 0.05) is 25.2 Å². The van der Waals surface area contributed by atoms with E-state index in [2.05, 4.69) is 34.0 Å². The summed E-state index contributed by atoms with van der Waals surface area (Å²) >= 11 is 0. The Morgan fingerprint density at radius 3 is 2.70 bits per heavy atom. The first kappa shape index (κ1) is 15.8. The molecule has 1 amide bonds. The molecule has 0 unspecified atom stereocenters. The van der Waals surface area contributed by atoms with E-state index in [-0.39, 0.29) is 11.4 Å². The van der Waals surface area contributed by atoms with Gasteiger partial charge < -0.3 is 10.1 Å². The van der Waals surface area contributed by atoms with Gasteiger partial charge in [-0.05, 0) is 26.0 Å². The number of rotatable bonds is 4. The number of hydrogen-bond donors (Lipinski definition) is 1. The van der Waals surface area contributed by atoms with E-state index in [1.165, 1.54) is 6.20 Å². The van der Waals surface area contributed by atoms with Gasteiger partial charge in [0.05, 0.1) is 30.4 Å². The first-order valence-electron chi connectivity index (χ1n) is 7.89. The van der Waals surface area contributed by atoms with Gasteiger partial charge in [0.2, 0.25) is 0 Å². The van der Waals surface area contributed by atoms with Gasteiger partial charge in [0.1, 0.15) is 5.69 Å². The number of hydrogen-bond acceptors (Lipinski definition) is 5. The Morgan fingerprint density at radius 1 is 1.26 bits per heavy atom. The summed E-state index contributed by atoms with van der Waals surface area (Å²) in [5.74, 6) is -0.190. The highest BCUT2D eigenvalue weighted by Gasteiger charge is 2.28. The molecule has 23 heavy (non-hydrogen) atoms. The molecule has 1 aliphatic heterocycles. The molecule has 0 spiro atoms. The number of aromatic nitrogens is 2. The maximum Gasteiger partial charge on any atom is 0.271 e. The number of nitrogens with one attached hydrogen (secondary N) is 1. The topological polar surface area (TPSA) is 67.4 Å². The lowest BCUT2D eigenvalue weighted by Crippen LogP contribution is -2.55. The van der Waals surface area contributed by atoms with Crippen LogP contribution in [0.1, 0.15) is 24.3 Å². The third-order valence-electron chi connectivity index (χ3n) is 4.23. The lowest BCUT2D eigenvalue weighted by Gasteiger charge is -2.40. The minimum atomic E-state index is -0.190. The third kappa shape index (κ3) is 3.65. The minimum Gasteiger partial charge on any atom is -0.379 e. The summed E-state index contributed by atoms with van der Waals surface area (Å²) in [6, 6.07) is 7.53. The number of carbonyl (C=O) groups excluding carboxylic acids is 1. The largest absolute Gasteiger partial charge is 0.379 e. The van der Waals surface area contributed by atoms with Gasteiger partial charge in [-0.15, -0.1) is 0 Å². The second-order valence-corrected chi connectivity index (χ2v) is 6.34. The molecule has 3 rings (SSSR count). The predicted octanol–water partition coefficient (Wildman–Crippen LogP) is 1.47. The van der Waals surface area contributed by atoms with Crippen molar-refractivity contribution in [1.82, 2.24) is 20.2 Å². The standard InChI is InChI=1S/C17H22N4O2/c1-17(2,21-7-9-23-10-8-21)12-19-16(22)15-11-18-13-5-3-4-6-14(13)20-15/h3-6,11H,7-10,12H2,1-2H3,(H,19,22). The Hall–Kier alpha value is -2.05. The van der Waals surface area contributed by atoms with Crippen LogP contribution in [0.2, 0.25) is 0 Å². The zero-order valence-electron chi connectivity index (χ0n) is 13.6. The van der Waals surface area contributed by atoms with Crippen LogP contribution in [0, 0.1) is 0 Å². The molecule has 0 saturated carbocycles. The Kier molecular flexibility index (Phi) is 4.54. The van der Waals surface area contributed by atoms with Crippen LogP contribution in [-0.4, -0.2) is 59.2 Å². The Balaban J connectivity index is 1.65. The van der Waals surface area contributed by atoms with Crippen molar-refractivity contribution in [2.75, 3.05) is 32.8 Å². The molecule has 1 N–H and O–H groups in total. The van der Waals surface area contributed by atoms with Crippen LogP contribution in [0.4, 0.5) is 0 Å². The number of para-hydroxylation sites is 2. The van der Waals surface area contributed by atoms with Gasteiger partial charge in [-0.25, -0.2) is 4.98 Å². The van der Waals surface area contributed by atoms with Crippen LogP contribution in [0.15, 0.2) is 30.5 Å². The summed E-state index contributed by atoms with van der Waals surface area (Å²) in [5, 5.41) is 2.98. The first-order valence-corrected chi connectivity index (χ1v) is 7.89. The number of benzene rings is 1. The maximum atomic E-state index is 12.4. The van der Waals surface area contributed by atoms with Crippen molar-refractivity contribution in [3.8, 4) is 0 Å². The summed E-state index contributed by atoms with van der Waals surface area (Å²) in [7, 11) is 0. The van der Waals surface area contributed by atoms with Crippen LogP contribution in [0.3, 0.4) is 0 Å². The summed E-state index contributed by atoms with van der Waals surface area (Å²) in [6.07, 6.45) is 1.53. The summed E-state index contributed by atoms with van der Waals surface area (Å²) in [5.41, 5.74) is 1.75. The molecule has 2 aromatic rings. The smallest absolute Gasteiger partial charge is 0.271 e. The number of ether oxygens (including phenoxy) is 1. The van der Waals surface area contributed by atoms with E-state index in [9.17, 15) is 4.79 Å². The van der Waals surface area contributed by atoms with E-state index in [4.69, 9.17) is 4.74 Å². The van der Waals surface area contributed by atoms with E-state index >= 15 is 0 Å². The summed E-state index contributed by atoms with van der Waals surface area (Å²) in [6.45, 7) is 8.08. The molecule has 1 fully saturated rings. The van der Waals surface area contributed by atoms with Gasteiger partial charge in [0.25, 0.3) is 5.91 Å². The SMILES string of the molecule is CC(C)(CNC(=O)c1cnc2ccccc2n1)N1CCOCC1. The van der Waals surface area contributed by atoms with Crippen molar-refractivity contribution in [2.24, 2.45) is 0 Å². The van der Waals surface area contributed by atoms with Crippen molar-refractivity contribution >= 4 is 16.9 Å². The molecule has 1 saturated heterocycles. The van der Waals surface area contributed by atoms with E-state index in [1.54, 1.807) is 0 Å². The molecule has 2 heterocycles. The minimum absolute atomic E-state index is 0.121. The van der Waals surface area contributed by atoms with Gasteiger partial charge in [0.15, 0.2) is 0 Å². The second-order valence-electron chi connectivity index (χ2n) is 6.34. The Bertz CT molecular complexity index is 696. The molecular formula is C17H22N4O2.